The van der Waals surface area contributed by atoms with Crippen LogP contribution in [0, 0.1) is 6.92 Å². The minimum Gasteiger partial charge on any atom is -0.387 e. The van der Waals surface area contributed by atoms with Crippen LogP contribution in [0.3, 0.4) is 0 Å². The Morgan fingerprint density at radius 1 is 1.11 bits per heavy atom. The molecule has 0 aliphatic heterocycles. The normalized spacial score (nSPS) is 10.1. The molecule has 2 aromatic rings. The summed E-state index contributed by atoms with van der Waals surface area (Å²) < 4.78 is 0. The molecule has 0 heterocycles. The van der Waals surface area contributed by atoms with Gasteiger partial charge in [-0.3, -0.25) is 4.79 Å². The highest BCUT2D eigenvalue weighted by Gasteiger charge is 2.10. The fourth-order valence-corrected chi connectivity index (χ4v) is 1.92. The third-order valence-corrected chi connectivity index (χ3v) is 3.04. The average molecular weight is 275 g/mol. The monoisotopic (exact) mass is 274 g/mol. The van der Waals surface area contributed by atoms with Gasteiger partial charge in [0, 0.05) is 23.4 Å². The number of hydrogen-bond donors (Lipinski definition) is 2. The number of carbonyl (C=O) groups is 1. The number of hydrogen-bond acceptors (Lipinski definition) is 2. The van der Waals surface area contributed by atoms with Crippen molar-refractivity contribution in [2.75, 3.05) is 17.7 Å². The summed E-state index contributed by atoms with van der Waals surface area (Å²) in [6, 6.07) is 12.7. The summed E-state index contributed by atoms with van der Waals surface area (Å²) in [6.07, 6.45) is 0. The highest BCUT2D eigenvalue weighted by molar-refractivity contribution is 6.30. The number of aryl methyl sites for hydroxylation is 1. The molecule has 2 rings (SSSR count). The van der Waals surface area contributed by atoms with Crippen LogP contribution in [0.4, 0.5) is 11.4 Å². The Bertz CT molecular complexity index is 594. The van der Waals surface area contributed by atoms with Crippen molar-refractivity contribution in [2.24, 2.45) is 0 Å². The Morgan fingerprint density at radius 3 is 2.42 bits per heavy atom. The SMILES string of the molecule is CNc1cc(C)ccc1C(=O)Nc1ccc(Cl)cc1. The quantitative estimate of drug-likeness (QED) is 0.890. The van der Waals surface area contributed by atoms with Crippen molar-refractivity contribution in [1.82, 2.24) is 0 Å². The first-order valence-electron chi connectivity index (χ1n) is 5.95. The zero-order valence-electron chi connectivity index (χ0n) is 10.8. The number of benzene rings is 2. The van der Waals surface area contributed by atoms with Gasteiger partial charge in [-0.05, 0) is 48.9 Å². The van der Waals surface area contributed by atoms with Gasteiger partial charge in [0.1, 0.15) is 0 Å². The van der Waals surface area contributed by atoms with Gasteiger partial charge < -0.3 is 10.6 Å². The zero-order chi connectivity index (χ0) is 13.8. The third kappa shape index (κ3) is 3.26. The summed E-state index contributed by atoms with van der Waals surface area (Å²) in [5, 5.41) is 6.52. The topological polar surface area (TPSA) is 41.1 Å². The van der Waals surface area contributed by atoms with Crippen LogP contribution in [0.25, 0.3) is 0 Å². The molecule has 19 heavy (non-hydrogen) atoms. The van der Waals surface area contributed by atoms with Gasteiger partial charge in [0.2, 0.25) is 0 Å². The smallest absolute Gasteiger partial charge is 0.257 e. The summed E-state index contributed by atoms with van der Waals surface area (Å²) in [6.45, 7) is 1.99. The minimum absolute atomic E-state index is 0.147. The van der Waals surface area contributed by atoms with Gasteiger partial charge in [-0.2, -0.15) is 0 Å². The van der Waals surface area contributed by atoms with Gasteiger partial charge in [0.15, 0.2) is 0 Å². The average Bonchev–Trinajstić information content (AvgIpc) is 2.41. The van der Waals surface area contributed by atoms with E-state index in [1.165, 1.54) is 0 Å². The van der Waals surface area contributed by atoms with Crippen LogP contribution in [0.15, 0.2) is 42.5 Å². The van der Waals surface area contributed by atoms with Crippen LogP contribution in [-0.4, -0.2) is 13.0 Å². The minimum atomic E-state index is -0.147. The van der Waals surface area contributed by atoms with Crippen molar-refractivity contribution >= 4 is 28.9 Å². The number of rotatable bonds is 3. The predicted octanol–water partition coefficient (Wildman–Crippen LogP) is 3.94. The molecule has 0 aliphatic carbocycles. The number of halogens is 1. The summed E-state index contributed by atoms with van der Waals surface area (Å²) in [5.74, 6) is -0.147. The van der Waals surface area contributed by atoms with Gasteiger partial charge >= 0.3 is 0 Å². The Morgan fingerprint density at radius 2 is 1.79 bits per heavy atom. The van der Waals surface area contributed by atoms with E-state index in [2.05, 4.69) is 10.6 Å². The van der Waals surface area contributed by atoms with Crippen molar-refractivity contribution in [3.05, 3.63) is 58.6 Å². The van der Waals surface area contributed by atoms with Crippen LogP contribution in [0.5, 0.6) is 0 Å². The third-order valence-electron chi connectivity index (χ3n) is 2.79. The van der Waals surface area contributed by atoms with Gasteiger partial charge in [-0.25, -0.2) is 0 Å². The number of carbonyl (C=O) groups excluding carboxylic acids is 1. The van der Waals surface area contributed by atoms with E-state index in [4.69, 9.17) is 11.6 Å². The molecule has 4 heteroatoms. The number of anilines is 2. The molecular formula is C15H15ClN2O. The predicted molar refractivity (Wildman–Crippen MR) is 80.1 cm³/mol. The second-order valence-electron chi connectivity index (χ2n) is 4.26. The van der Waals surface area contributed by atoms with Gasteiger partial charge in [0.05, 0.1) is 5.56 Å². The van der Waals surface area contributed by atoms with Crippen LogP contribution in [0.2, 0.25) is 5.02 Å². The summed E-state index contributed by atoms with van der Waals surface area (Å²) in [7, 11) is 1.80. The van der Waals surface area contributed by atoms with Crippen molar-refractivity contribution in [3.63, 3.8) is 0 Å². The molecule has 98 valence electrons. The van der Waals surface area contributed by atoms with Crippen LogP contribution < -0.4 is 10.6 Å². The number of nitrogens with one attached hydrogen (secondary N) is 2. The first-order chi connectivity index (χ1) is 9.10. The van der Waals surface area contributed by atoms with Crippen LogP contribution in [0.1, 0.15) is 15.9 Å². The second kappa shape index (κ2) is 5.76. The lowest BCUT2D eigenvalue weighted by molar-refractivity contribution is 0.102. The van der Waals surface area contributed by atoms with Gasteiger partial charge in [0.25, 0.3) is 5.91 Å². The maximum atomic E-state index is 12.2. The molecule has 1 amide bonds. The van der Waals surface area contributed by atoms with Crippen molar-refractivity contribution in [3.8, 4) is 0 Å². The first-order valence-corrected chi connectivity index (χ1v) is 6.33. The van der Waals surface area contributed by atoms with E-state index in [0.29, 0.717) is 10.6 Å². The van der Waals surface area contributed by atoms with E-state index in [1.807, 2.05) is 25.1 Å². The molecule has 0 atom stereocenters. The largest absolute Gasteiger partial charge is 0.387 e. The van der Waals surface area contributed by atoms with Crippen molar-refractivity contribution in [2.45, 2.75) is 6.92 Å². The zero-order valence-corrected chi connectivity index (χ0v) is 11.6. The Balaban J connectivity index is 2.22. The summed E-state index contributed by atoms with van der Waals surface area (Å²) in [5.41, 5.74) is 3.25. The Kier molecular flexibility index (Phi) is 4.07. The lowest BCUT2D eigenvalue weighted by Gasteiger charge is -2.10. The fourth-order valence-electron chi connectivity index (χ4n) is 1.79. The van der Waals surface area contributed by atoms with Crippen LogP contribution >= 0.6 is 11.6 Å². The molecule has 2 N–H and O–H groups in total. The molecule has 0 bridgehead atoms. The molecule has 0 unspecified atom stereocenters. The Labute approximate surface area is 117 Å². The standard InChI is InChI=1S/C15H15ClN2O/c1-10-3-8-13(14(9-10)17-2)15(19)18-12-6-4-11(16)5-7-12/h3-9,17H,1-2H3,(H,18,19). The molecule has 2 aromatic carbocycles. The van der Waals surface area contributed by atoms with E-state index >= 15 is 0 Å². The molecular weight excluding hydrogens is 260 g/mol. The van der Waals surface area contributed by atoms with E-state index in [0.717, 1.165) is 16.9 Å². The molecule has 0 saturated carbocycles. The summed E-state index contributed by atoms with van der Waals surface area (Å²) in [4.78, 5) is 12.2. The lowest BCUT2D eigenvalue weighted by atomic mass is 10.1. The van der Waals surface area contributed by atoms with E-state index in [9.17, 15) is 4.79 Å². The fraction of sp³-hybridized carbons (Fsp3) is 0.133. The molecule has 0 spiro atoms. The van der Waals surface area contributed by atoms with Gasteiger partial charge in [-0.15, -0.1) is 0 Å². The summed E-state index contributed by atoms with van der Waals surface area (Å²) >= 11 is 5.81. The molecule has 0 aliphatic rings. The maximum absolute atomic E-state index is 12.2. The highest BCUT2D eigenvalue weighted by Crippen LogP contribution is 2.19. The molecule has 3 nitrogen and oxygen atoms in total. The highest BCUT2D eigenvalue weighted by atomic mass is 35.5. The molecule has 0 aromatic heterocycles. The Hall–Kier alpha value is -2.00. The lowest BCUT2D eigenvalue weighted by Crippen LogP contribution is -2.14. The molecule has 0 radical (unpaired) electrons. The van der Waals surface area contributed by atoms with Gasteiger partial charge in [-0.1, -0.05) is 17.7 Å². The van der Waals surface area contributed by atoms with E-state index in [-0.39, 0.29) is 5.91 Å². The molecule has 0 saturated heterocycles. The van der Waals surface area contributed by atoms with E-state index < -0.39 is 0 Å². The van der Waals surface area contributed by atoms with Crippen LogP contribution in [-0.2, 0) is 0 Å². The number of amides is 1. The first kappa shape index (κ1) is 13.4. The van der Waals surface area contributed by atoms with Crippen molar-refractivity contribution in [1.29, 1.82) is 0 Å². The second-order valence-corrected chi connectivity index (χ2v) is 4.70. The molecule has 0 fully saturated rings. The van der Waals surface area contributed by atoms with Crippen molar-refractivity contribution < 1.29 is 4.79 Å². The maximum Gasteiger partial charge on any atom is 0.257 e. The van der Waals surface area contributed by atoms with E-state index in [1.54, 1.807) is 31.3 Å².